The van der Waals surface area contributed by atoms with Crippen LogP contribution in [0, 0.1) is 0 Å². The van der Waals surface area contributed by atoms with E-state index in [0.717, 1.165) is 0 Å². The molecule has 1 unspecified atom stereocenters. The van der Waals surface area contributed by atoms with E-state index in [2.05, 4.69) is 30.3 Å². The van der Waals surface area contributed by atoms with Crippen LogP contribution < -0.4 is 5.73 Å². The summed E-state index contributed by atoms with van der Waals surface area (Å²) in [7, 11) is 0. The van der Waals surface area contributed by atoms with E-state index < -0.39 is 0 Å². The van der Waals surface area contributed by atoms with E-state index in [1.54, 1.807) is 0 Å². The summed E-state index contributed by atoms with van der Waals surface area (Å²) in [6.07, 6.45) is 4.11. The summed E-state index contributed by atoms with van der Waals surface area (Å²) in [5, 5.41) is 0. The second-order valence-corrected chi connectivity index (χ2v) is 4.69. The maximum absolute atomic E-state index is 5.81. The molecule has 0 fully saturated rings. The molecule has 0 saturated carbocycles. The molecule has 104 valence electrons. The second kappa shape index (κ2) is 8.31. The number of ether oxygens (including phenoxy) is 1. The first kappa shape index (κ1) is 14.5. The zero-order valence-electron chi connectivity index (χ0n) is 11.6. The summed E-state index contributed by atoms with van der Waals surface area (Å²) in [5.41, 5.74) is 8.24. The van der Waals surface area contributed by atoms with Gasteiger partial charge in [0.2, 0.25) is 0 Å². The molecular weight excluding hydrogens is 246 g/mol. The summed E-state index contributed by atoms with van der Waals surface area (Å²) < 4.78 is 5.70. The highest BCUT2D eigenvalue weighted by Crippen LogP contribution is 2.14. The highest BCUT2D eigenvalue weighted by atomic mass is 16.5. The maximum atomic E-state index is 5.81. The van der Waals surface area contributed by atoms with Crippen LogP contribution in [-0.2, 0) is 4.74 Å². The van der Waals surface area contributed by atoms with Crippen LogP contribution in [0.25, 0.3) is 6.08 Å². The van der Waals surface area contributed by atoms with E-state index in [-0.39, 0.29) is 5.92 Å². The highest BCUT2D eigenvalue weighted by molar-refractivity contribution is 5.48. The minimum Gasteiger partial charge on any atom is -0.377 e. The van der Waals surface area contributed by atoms with Gasteiger partial charge in [-0.2, -0.15) is 0 Å². The number of hydrogen-bond acceptors (Lipinski definition) is 2. The normalized spacial score (nSPS) is 12.7. The molecule has 0 spiro atoms. The fourth-order valence-electron chi connectivity index (χ4n) is 2.05. The molecule has 0 aromatic heterocycles. The van der Waals surface area contributed by atoms with Crippen molar-refractivity contribution in [3.63, 3.8) is 0 Å². The molecule has 0 bridgehead atoms. The van der Waals surface area contributed by atoms with Gasteiger partial charge in [0, 0.05) is 12.5 Å². The van der Waals surface area contributed by atoms with Gasteiger partial charge in [-0.25, -0.2) is 0 Å². The van der Waals surface area contributed by atoms with Gasteiger partial charge in [0.15, 0.2) is 0 Å². The molecule has 0 radical (unpaired) electrons. The largest absolute Gasteiger partial charge is 0.377 e. The molecule has 2 N–H and O–H groups in total. The van der Waals surface area contributed by atoms with Crippen molar-refractivity contribution in [1.82, 2.24) is 0 Å². The third-order valence-electron chi connectivity index (χ3n) is 3.20. The van der Waals surface area contributed by atoms with Crippen LogP contribution in [0.2, 0.25) is 0 Å². The molecule has 2 aromatic carbocycles. The zero-order chi connectivity index (χ0) is 14.0. The van der Waals surface area contributed by atoms with Crippen LogP contribution in [0.5, 0.6) is 0 Å². The Balaban J connectivity index is 1.76. The number of rotatable bonds is 7. The molecule has 0 aliphatic heterocycles. The van der Waals surface area contributed by atoms with Crippen molar-refractivity contribution in [2.75, 3.05) is 19.8 Å². The summed E-state index contributed by atoms with van der Waals surface area (Å²) in [5.74, 6) is 0.265. The summed E-state index contributed by atoms with van der Waals surface area (Å²) in [4.78, 5) is 0. The number of hydrogen-bond donors (Lipinski definition) is 1. The molecule has 0 heterocycles. The van der Waals surface area contributed by atoms with Crippen molar-refractivity contribution < 1.29 is 4.74 Å². The molecule has 0 aliphatic carbocycles. The Morgan fingerprint density at radius 1 is 0.950 bits per heavy atom. The Hall–Kier alpha value is -1.90. The quantitative estimate of drug-likeness (QED) is 0.780. The minimum atomic E-state index is 0.265. The Morgan fingerprint density at radius 3 is 2.25 bits per heavy atom. The molecule has 2 aromatic rings. The van der Waals surface area contributed by atoms with Gasteiger partial charge in [-0.1, -0.05) is 72.8 Å². The number of nitrogens with two attached hydrogens (primary N) is 1. The predicted molar refractivity (Wildman–Crippen MR) is 84.5 cm³/mol. The summed E-state index contributed by atoms with van der Waals surface area (Å²) in [6.45, 7) is 1.87. The third-order valence-corrected chi connectivity index (χ3v) is 3.20. The van der Waals surface area contributed by atoms with Crippen molar-refractivity contribution in [2.24, 2.45) is 5.73 Å². The van der Waals surface area contributed by atoms with E-state index in [4.69, 9.17) is 10.5 Å². The third kappa shape index (κ3) is 4.65. The fourth-order valence-corrected chi connectivity index (χ4v) is 2.05. The average Bonchev–Trinajstić information content (AvgIpc) is 2.53. The lowest BCUT2D eigenvalue weighted by molar-refractivity contribution is 0.148. The van der Waals surface area contributed by atoms with Gasteiger partial charge in [0.1, 0.15) is 0 Å². The van der Waals surface area contributed by atoms with Gasteiger partial charge < -0.3 is 10.5 Å². The minimum absolute atomic E-state index is 0.265. The SMILES string of the molecule is NCC(COCC=Cc1ccccc1)c1ccccc1. The molecule has 1 atom stereocenters. The standard InChI is InChI=1S/C18H21NO/c19-14-18(17-11-5-2-6-12-17)15-20-13-7-10-16-8-3-1-4-9-16/h1-12,18H,13-15,19H2. The Morgan fingerprint density at radius 2 is 1.60 bits per heavy atom. The molecule has 2 nitrogen and oxygen atoms in total. The van der Waals surface area contributed by atoms with Crippen LogP contribution in [0.3, 0.4) is 0 Å². The molecule has 2 rings (SSSR count). The van der Waals surface area contributed by atoms with Gasteiger partial charge in [-0.3, -0.25) is 0 Å². The van der Waals surface area contributed by atoms with E-state index in [1.165, 1.54) is 11.1 Å². The maximum Gasteiger partial charge on any atom is 0.0651 e. The Kier molecular flexibility index (Phi) is 6.03. The Bertz CT molecular complexity index is 507. The van der Waals surface area contributed by atoms with E-state index >= 15 is 0 Å². The molecule has 0 amide bonds. The predicted octanol–water partition coefficient (Wildman–Crippen LogP) is 3.46. The van der Waals surface area contributed by atoms with Gasteiger partial charge >= 0.3 is 0 Å². The fraction of sp³-hybridized carbons (Fsp3) is 0.222. The first-order chi connectivity index (χ1) is 9.90. The van der Waals surface area contributed by atoms with E-state index in [0.29, 0.717) is 19.8 Å². The lowest BCUT2D eigenvalue weighted by Gasteiger charge is -2.14. The van der Waals surface area contributed by atoms with Crippen LogP contribution in [-0.4, -0.2) is 19.8 Å². The van der Waals surface area contributed by atoms with Gasteiger partial charge in [0.25, 0.3) is 0 Å². The van der Waals surface area contributed by atoms with Gasteiger partial charge in [-0.05, 0) is 11.1 Å². The van der Waals surface area contributed by atoms with Crippen molar-refractivity contribution in [1.29, 1.82) is 0 Å². The van der Waals surface area contributed by atoms with Crippen molar-refractivity contribution >= 4 is 6.08 Å². The first-order valence-corrected chi connectivity index (χ1v) is 6.94. The molecule has 0 aliphatic rings. The van der Waals surface area contributed by atoms with Crippen LogP contribution >= 0.6 is 0 Å². The molecule has 0 saturated heterocycles. The monoisotopic (exact) mass is 267 g/mol. The Labute approximate surface area is 120 Å². The highest BCUT2D eigenvalue weighted by Gasteiger charge is 2.08. The van der Waals surface area contributed by atoms with Crippen LogP contribution in [0.1, 0.15) is 17.0 Å². The summed E-state index contributed by atoms with van der Waals surface area (Å²) >= 11 is 0. The summed E-state index contributed by atoms with van der Waals surface area (Å²) in [6, 6.07) is 20.5. The smallest absolute Gasteiger partial charge is 0.0651 e. The molecule has 20 heavy (non-hydrogen) atoms. The van der Waals surface area contributed by atoms with Crippen molar-refractivity contribution in [2.45, 2.75) is 5.92 Å². The molecular formula is C18H21NO. The topological polar surface area (TPSA) is 35.2 Å². The van der Waals surface area contributed by atoms with E-state index in [1.807, 2.05) is 42.5 Å². The second-order valence-electron chi connectivity index (χ2n) is 4.69. The van der Waals surface area contributed by atoms with Crippen molar-refractivity contribution in [3.05, 3.63) is 77.9 Å². The van der Waals surface area contributed by atoms with Crippen LogP contribution in [0.4, 0.5) is 0 Å². The van der Waals surface area contributed by atoms with Gasteiger partial charge in [-0.15, -0.1) is 0 Å². The lowest BCUT2D eigenvalue weighted by Crippen LogP contribution is -2.18. The van der Waals surface area contributed by atoms with Crippen LogP contribution in [0.15, 0.2) is 66.7 Å². The van der Waals surface area contributed by atoms with Crippen molar-refractivity contribution in [3.8, 4) is 0 Å². The zero-order valence-corrected chi connectivity index (χ0v) is 11.6. The average molecular weight is 267 g/mol. The lowest BCUT2D eigenvalue weighted by atomic mass is 10.0. The van der Waals surface area contributed by atoms with E-state index in [9.17, 15) is 0 Å². The number of benzene rings is 2. The molecule has 2 heteroatoms. The van der Waals surface area contributed by atoms with Gasteiger partial charge in [0.05, 0.1) is 13.2 Å². The first-order valence-electron chi connectivity index (χ1n) is 6.94.